The zero-order valence-corrected chi connectivity index (χ0v) is 19.9. The van der Waals surface area contributed by atoms with Crippen LogP contribution in [0.2, 0.25) is 3.43 Å². The van der Waals surface area contributed by atoms with E-state index in [0.29, 0.717) is 15.9 Å². The van der Waals surface area contributed by atoms with E-state index in [2.05, 4.69) is 62.3 Å². The predicted octanol–water partition coefficient (Wildman–Crippen LogP) is 3.54. The van der Waals surface area contributed by atoms with Gasteiger partial charge in [-0.2, -0.15) is 0 Å². The Morgan fingerprint density at radius 1 is 1.19 bits per heavy atom. The SMILES string of the molecule is CC(C)Nc1c[c]([Sn][C](C)(C)C)ncc1-c1cc(CCC(C)(C)O)[nH]n1. The summed E-state index contributed by atoms with van der Waals surface area (Å²) in [5, 5.41) is 21.1. The summed E-state index contributed by atoms with van der Waals surface area (Å²) in [5.41, 5.74) is 3.40. The van der Waals surface area contributed by atoms with Gasteiger partial charge in [-0.15, -0.1) is 0 Å². The van der Waals surface area contributed by atoms with Crippen molar-refractivity contribution in [3.63, 3.8) is 0 Å². The number of aryl methyl sites for hydroxylation is 1. The molecule has 0 aliphatic rings. The molecule has 5 nitrogen and oxygen atoms in total. The molecular weight excluding hydrogens is 431 g/mol. The Morgan fingerprint density at radius 3 is 2.46 bits per heavy atom. The summed E-state index contributed by atoms with van der Waals surface area (Å²) in [4.78, 5) is 4.74. The maximum absolute atomic E-state index is 9.92. The van der Waals surface area contributed by atoms with E-state index in [-0.39, 0.29) is 0 Å². The zero-order chi connectivity index (χ0) is 19.5. The van der Waals surface area contributed by atoms with Crippen molar-refractivity contribution < 1.29 is 5.11 Å². The Balaban J connectivity index is 2.28. The molecule has 0 aromatic carbocycles. The zero-order valence-electron chi connectivity index (χ0n) is 17.1. The Morgan fingerprint density at radius 2 is 1.88 bits per heavy atom. The van der Waals surface area contributed by atoms with Crippen LogP contribution in [0.4, 0.5) is 5.69 Å². The first-order valence-corrected chi connectivity index (χ1v) is 12.1. The van der Waals surface area contributed by atoms with Gasteiger partial charge in [0.2, 0.25) is 0 Å². The molecule has 2 rings (SSSR count). The second-order valence-corrected chi connectivity index (χ2v) is 15.3. The van der Waals surface area contributed by atoms with Crippen LogP contribution in [0.3, 0.4) is 0 Å². The molecule has 0 spiro atoms. The molecule has 0 bridgehead atoms. The number of aromatic nitrogens is 3. The van der Waals surface area contributed by atoms with Gasteiger partial charge in [0.15, 0.2) is 0 Å². The predicted molar refractivity (Wildman–Crippen MR) is 110 cm³/mol. The van der Waals surface area contributed by atoms with Crippen molar-refractivity contribution in [3.8, 4) is 11.3 Å². The van der Waals surface area contributed by atoms with E-state index in [1.807, 2.05) is 20.0 Å². The van der Waals surface area contributed by atoms with Gasteiger partial charge in [-0.1, -0.05) is 0 Å². The molecule has 0 aliphatic heterocycles. The van der Waals surface area contributed by atoms with E-state index >= 15 is 0 Å². The van der Waals surface area contributed by atoms with E-state index in [1.54, 1.807) is 0 Å². The van der Waals surface area contributed by atoms with Crippen LogP contribution in [0.25, 0.3) is 11.3 Å². The van der Waals surface area contributed by atoms with Crippen molar-refractivity contribution in [2.24, 2.45) is 0 Å². The van der Waals surface area contributed by atoms with E-state index in [9.17, 15) is 5.11 Å². The summed E-state index contributed by atoms with van der Waals surface area (Å²) >= 11 is -0.759. The van der Waals surface area contributed by atoms with Gasteiger partial charge in [-0.05, 0) is 0 Å². The Hall–Kier alpha value is -1.08. The molecule has 2 aromatic heterocycles. The molecule has 0 unspecified atom stereocenters. The van der Waals surface area contributed by atoms with Gasteiger partial charge in [0.05, 0.1) is 0 Å². The van der Waals surface area contributed by atoms with Crippen molar-refractivity contribution >= 4 is 30.5 Å². The standard InChI is InChI=1S/C16H23N4O.C4H9.Sn/c1-11(2)18-14-6-8-17-10-13(14)15-9-12(19-20-15)5-7-16(3,4)21;1-4(2)3;/h6,9-11,21H,5,7H2,1-4H3,(H,17,18)(H,19,20);1-3H3;. The number of nitrogens with zero attached hydrogens (tertiary/aromatic N) is 2. The van der Waals surface area contributed by atoms with E-state index in [4.69, 9.17) is 4.98 Å². The van der Waals surface area contributed by atoms with Gasteiger partial charge in [0.25, 0.3) is 0 Å². The molecule has 0 atom stereocenters. The fraction of sp³-hybridized carbons (Fsp3) is 0.600. The molecule has 26 heavy (non-hydrogen) atoms. The van der Waals surface area contributed by atoms with E-state index < -0.39 is 26.7 Å². The van der Waals surface area contributed by atoms with Gasteiger partial charge in [0, 0.05) is 0 Å². The summed E-state index contributed by atoms with van der Waals surface area (Å²) < 4.78 is 1.62. The van der Waals surface area contributed by atoms with Gasteiger partial charge in [-0.3, -0.25) is 0 Å². The van der Waals surface area contributed by atoms with Crippen molar-refractivity contribution in [1.29, 1.82) is 0 Å². The fourth-order valence-corrected chi connectivity index (χ4v) is 5.79. The summed E-state index contributed by atoms with van der Waals surface area (Å²) in [7, 11) is 0. The van der Waals surface area contributed by atoms with Crippen LogP contribution in [0.5, 0.6) is 0 Å². The number of hydrogen-bond donors (Lipinski definition) is 3. The van der Waals surface area contributed by atoms with E-state index in [0.717, 1.165) is 29.1 Å². The van der Waals surface area contributed by atoms with Crippen LogP contribution in [0, 0.1) is 0 Å². The van der Waals surface area contributed by atoms with Gasteiger partial charge in [-0.25, -0.2) is 0 Å². The number of aliphatic hydroxyl groups is 1. The quantitative estimate of drug-likeness (QED) is 0.550. The molecule has 0 amide bonds. The van der Waals surface area contributed by atoms with Gasteiger partial charge >= 0.3 is 168 Å². The second kappa shape index (κ2) is 8.29. The first-order chi connectivity index (χ1) is 11.9. The Labute approximate surface area is 167 Å². The minimum atomic E-state index is -0.759. The summed E-state index contributed by atoms with van der Waals surface area (Å²) in [6, 6.07) is 4.63. The van der Waals surface area contributed by atoms with Gasteiger partial charge < -0.3 is 0 Å². The fourth-order valence-electron chi connectivity index (χ4n) is 2.61. The summed E-state index contributed by atoms with van der Waals surface area (Å²) in [6.45, 7) is 14.8. The van der Waals surface area contributed by atoms with Crippen LogP contribution in [-0.4, -0.2) is 53.1 Å². The number of hydrogen-bond acceptors (Lipinski definition) is 4. The average Bonchev–Trinajstić information content (AvgIpc) is 2.91. The molecular formula is C20H32N4OSn. The number of anilines is 1. The molecule has 0 aliphatic carbocycles. The summed E-state index contributed by atoms with van der Waals surface area (Å²) in [6.07, 6.45) is 3.43. The third-order valence-corrected chi connectivity index (χ3v) is 7.42. The first kappa shape index (κ1) is 21.2. The monoisotopic (exact) mass is 464 g/mol. The normalized spacial score (nSPS) is 12.7. The second-order valence-electron chi connectivity index (χ2n) is 8.88. The Kier molecular flexibility index (Phi) is 6.77. The van der Waals surface area contributed by atoms with Crippen LogP contribution >= 0.6 is 0 Å². The number of pyridine rings is 1. The molecule has 142 valence electrons. The molecule has 0 saturated heterocycles. The molecule has 3 N–H and O–H groups in total. The topological polar surface area (TPSA) is 73.8 Å². The van der Waals surface area contributed by atoms with Crippen LogP contribution in [0.15, 0.2) is 18.3 Å². The minimum absolute atomic E-state index is 0.345. The van der Waals surface area contributed by atoms with Crippen molar-refractivity contribution in [3.05, 3.63) is 24.0 Å². The van der Waals surface area contributed by atoms with Crippen molar-refractivity contribution in [1.82, 2.24) is 15.2 Å². The molecule has 6 heteroatoms. The summed E-state index contributed by atoms with van der Waals surface area (Å²) in [5.74, 6) is 0. The van der Waals surface area contributed by atoms with Gasteiger partial charge in [0.1, 0.15) is 0 Å². The maximum atomic E-state index is 9.92. The van der Waals surface area contributed by atoms with Crippen molar-refractivity contribution in [2.45, 2.75) is 76.4 Å². The molecule has 0 saturated carbocycles. The third kappa shape index (κ3) is 6.91. The number of nitrogens with one attached hydrogen (secondary N) is 2. The third-order valence-electron chi connectivity index (χ3n) is 3.76. The van der Waals surface area contributed by atoms with E-state index in [1.165, 1.54) is 3.71 Å². The number of aromatic amines is 1. The number of rotatable bonds is 7. The van der Waals surface area contributed by atoms with Crippen LogP contribution in [0.1, 0.15) is 60.6 Å². The molecule has 2 radical (unpaired) electrons. The average molecular weight is 463 g/mol. The van der Waals surface area contributed by atoms with Crippen LogP contribution < -0.4 is 9.03 Å². The first-order valence-electron chi connectivity index (χ1n) is 9.25. The molecule has 2 aromatic rings. The van der Waals surface area contributed by atoms with Crippen LogP contribution in [-0.2, 0) is 6.42 Å². The Bertz CT molecular complexity index is 726. The molecule has 2 heterocycles. The number of H-pyrrole nitrogens is 1. The van der Waals surface area contributed by atoms with Crippen molar-refractivity contribution in [2.75, 3.05) is 5.32 Å². The molecule has 0 fully saturated rings.